The molecule has 0 aliphatic carbocycles. The van der Waals surface area contributed by atoms with Crippen molar-refractivity contribution in [1.29, 1.82) is 0 Å². The van der Waals surface area contributed by atoms with E-state index in [2.05, 4.69) is 14.9 Å². The molecule has 1 heterocycles. The van der Waals surface area contributed by atoms with Gasteiger partial charge in [-0.25, -0.2) is 17.5 Å². The summed E-state index contributed by atoms with van der Waals surface area (Å²) in [4.78, 5) is 0. The SMILES string of the molecule is Cc1ccc(-c2nnc(CNS(=O)(=O)Cc3ccc(F)cc3)o2)cc1. The maximum absolute atomic E-state index is 12.9. The third-order valence-electron chi connectivity index (χ3n) is 3.48. The van der Waals surface area contributed by atoms with Gasteiger partial charge in [0.25, 0.3) is 0 Å². The minimum atomic E-state index is -3.61. The molecule has 1 aromatic heterocycles. The number of benzene rings is 2. The highest BCUT2D eigenvalue weighted by Crippen LogP contribution is 2.18. The van der Waals surface area contributed by atoms with Crippen LogP contribution < -0.4 is 4.72 Å². The molecule has 1 N–H and O–H groups in total. The van der Waals surface area contributed by atoms with Gasteiger partial charge in [-0.15, -0.1) is 10.2 Å². The molecule has 0 saturated heterocycles. The van der Waals surface area contributed by atoms with E-state index in [1.807, 2.05) is 31.2 Å². The number of nitrogens with one attached hydrogen (secondary N) is 1. The Morgan fingerprint density at radius 3 is 2.40 bits per heavy atom. The van der Waals surface area contributed by atoms with E-state index in [-0.39, 0.29) is 18.2 Å². The Bertz CT molecular complexity index is 952. The van der Waals surface area contributed by atoms with E-state index < -0.39 is 15.8 Å². The molecule has 130 valence electrons. The number of hydrogen-bond acceptors (Lipinski definition) is 5. The molecule has 0 aliphatic rings. The van der Waals surface area contributed by atoms with Crippen LogP contribution in [0.15, 0.2) is 52.9 Å². The summed E-state index contributed by atoms with van der Waals surface area (Å²) in [6.07, 6.45) is 0. The standard InChI is InChI=1S/C17H16FN3O3S/c1-12-2-6-14(7-3-12)17-21-20-16(24-17)10-19-25(22,23)11-13-4-8-15(18)9-5-13/h2-9,19H,10-11H2,1H3. The molecular weight excluding hydrogens is 345 g/mol. The quantitative estimate of drug-likeness (QED) is 0.730. The van der Waals surface area contributed by atoms with Gasteiger partial charge in [0.15, 0.2) is 0 Å². The number of halogens is 1. The predicted molar refractivity (Wildman–Crippen MR) is 90.3 cm³/mol. The Balaban J connectivity index is 1.63. The Morgan fingerprint density at radius 2 is 1.72 bits per heavy atom. The summed E-state index contributed by atoms with van der Waals surface area (Å²) in [6.45, 7) is 1.86. The van der Waals surface area contributed by atoms with Crippen LogP contribution in [0.3, 0.4) is 0 Å². The van der Waals surface area contributed by atoms with E-state index in [0.717, 1.165) is 11.1 Å². The monoisotopic (exact) mass is 361 g/mol. The zero-order chi connectivity index (χ0) is 17.9. The van der Waals surface area contributed by atoms with Crippen molar-refractivity contribution in [3.63, 3.8) is 0 Å². The minimum absolute atomic E-state index is 0.109. The third kappa shape index (κ3) is 4.71. The molecule has 0 unspecified atom stereocenters. The molecule has 0 spiro atoms. The van der Waals surface area contributed by atoms with Gasteiger partial charge < -0.3 is 4.42 Å². The van der Waals surface area contributed by atoms with E-state index in [4.69, 9.17) is 4.42 Å². The summed E-state index contributed by atoms with van der Waals surface area (Å²) in [5, 5.41) is 7.76. The molecule has 0 amide bonds. The molecule has 0 aliphatic heterocycles. The van der Waals surface area contributed by atoms with Crippen LogP contribution in [0.1, 0.15) is 17.0 Å². The molecule has 0 fully saturated rings. The van der Waals surface area contributed by atoms with Gasteiger partial charge in [0, 0.05) is 5.56 Å². The summed E-state index contributed by atoms with van der Waals surface area (Å²) in [5.41, 5.74) is 2.36. The van der Waals surface area contributed by atoms with Crippen LogP contribution in [0.5, 0.6) is 0 Å². The maximum atomic E-state index is 12.9. The summed E-state index contributed by atoms with van der Waals surface area (Å²) in [7, 11) is -3.61. The summed E-state index contributed by atoms with van der Waals surface area (Å²) >= 11 is 0. The Morgan fingerprint density at radius 1 is 1.04 bits per heavy atom. The zero-order valence-electron chi connectivity index (χ0n) is 13.4. The van der Waals surface area contributed by atoms with Crippen molar-refractivity contribution < 1.29 is 17.2 Å². The van der Waals surface area contributed by atoms with Gasteiger partial charge in [0.2, 0.25) is 21.8 Å². The largest absolute Gasteiger partial charge is 0.419 e. The summed E-state index contributed by atoms with van der Waals surface area (Å²) < 4.78 is 44.9. The number of hydrogen-bond donors (Lipinski definition) is 1. The molecule has 3 aromatic rings. The zero-order valence-corrected chi connectivity index (χ0v) is 14.3. The first-order valence-electron chi connectivity index (χ1n) is 7.52. The van der Waals surface area contributed by atoms with E-state index in [0.29, 0.717) is 11.5 Å². The fraction of sp³-hybridized carbons (Fsp3) is 0.176. The van der Waals surface area contributed by atoms with Crippen LogP contribution in [0, 0.1) is 12.7 Å². The van der Waals surface area contributed by atoms with Gasteiger partial charge in [-0.05, 0) is 36.8 Å². The van der Waals surface area contributed by atoms with Crippen LogP contribution in [0.4, 0.5) is 4.39 Å². The molecule has 0 bridgehead atoms. The fourth-order valence-corrected chi connectivity index (χ4v) is 3.24. The molecule has 25 heavy (non-hydrogen) atoms. The number of aromatic nitrogens is 2. The fourth-order valence-electron chi connectivity index (χ4n) is 2.16. The van der Waals surface area contributed by atoms with Gasteiger partial charge in [-0.2, -0.15) is 0 Å². The molecule has 0 saturated carbocycles. The van der Waals surface area contributed by atoms with Gasteiger partial charge in [0.05, 0.1) is 12.3 Å². The van der Waals surface area contributed by atoms with Crippen molar-refractivity contribution in [3.8, 4) is 11.5 Å². The van der Waals surface area contributed by atoms with Crippen molar-refractivity contribution in [2.75, 3.05) is 0 Å². The second kappa shape index (κ2) is 7.12. The second-order valence-electron chi connectivity index (χ2n) is 5.57. The lowest BCUT2D eigenvalue weighted by Gasteiger charge is -2.04. The topological polar surface area (TPSA) is 85.1 Å². The summed E-state index contributed by atoms with van der Waals surface area (Å²) in [5.74, 6) is -0.179. The third-order valence-corrected chi connectivity index (χ3v) is 4.78. The Labute approximate surface area is 144 Å². The predicted octanol–water partition coefficient (Wildman–Crippen LogP) is 2.80. The van der Waals surface area contributed by atoms with Crippen molar-refractivity contribution >= 4 is 10.0 Å². The molecule has 6 nitrogen and oxygen atoms in total. The average molecular weight is 361 g/mol. The first kappa shape index (κ1) is 17.2. The van der Waals surface area contributed by atoms with E-state index in [1.165, 1.54) is 24.3 Å². The van der Waals surface area contributed by atoms with Crippen molar-refractivity contribution in [2.24, 2.45) is 0 Å². The molecular formula is C17H16FN3O3S. The maximum Gasteiger partial charge on any atom is 0.247 e. The molecule has 3 rings (SSSR count). The van der Waals surface area contributed by atoms with E-state index >= 15 is 0 Å². The van der Waals surface area contributed by atoms with Crippen molar-refractivity contribution in [1.82, 2.24) is 14.9 Å². The van der Waals surface area contributed by atoms with Crippen LogP contribution >= 0.6 is 0 Å². The minimum Gasteiger partial charge on any atom is -0.419 e. The first-order chi connectivity index (χ1) is 11.9. The Kier molecular flexibility index (Phi) is 4.91. The highest BCUT2D eigenvalue weighted by Gasteiger charge is 2.14. The number of sulfonamides is 1. The normalized spacial score (nSPS) is 11.6. The van der Waals surface area contributed by atoms with Crippen molar-refractivity contribution in [2.45, 2.75) is 19.2 Å². The number of rotatable bonds is 6. The highest BCUT2D eigenvalue weighted by atomic mass is 32.2. The smallest absolute Gasteiger partial charge is 0.247 e. The van der Waals surface area contributed by atoms with Gasteiger partial charge in [-0.3, -0.25) is 0 Å². The summed E-state index contributed by atoms with van der Waals surface area (Å²) in [6, 6.07) is 12.8. The van der Waals surface area contributed by atoms with Crippen LogP contribution in [0.25, 0.3) is 11.5 Å². The lowest BCUT2D eigenvalue weighted by Crippen LogP contribution is -2.24. The van der Waals surface area contributed by atoms with Crippen LogP contribution in [0.2, 0.25) is 0 Å². The number of nitrogens with zero attached hydrogens (tertiary/aromatic N) is 2. The van der Waals surface area contributed by atoms with Crippen LogP contribution in [-0.4, -0.2) is 18.6 Å². The lowest BCUT2D eigenvalue weighted by molar-refractivity contribution is 0.494. The van der Waals surface area contributed by atoms with E-state index in [9.17, 15) is 12.8 Å². The van der Waals surface area contributed by atoms with E-state index in [1.54, 1.807) is 0 Å². The first-order valence-corrected chi connectivity index (χ1v) is 9.18. The van der Waals surface area contributed by atoms with Gasteiger partial charge in [0.1, 0.15) is 5.82 Å². The molecule has 8 heteroatoms. The Hall–Kier alpha value is -2.58. The lowest BCUT2D eigenvalue weighted by atomic mass is 10.1. The average Bonchev–Trinajstić information content (AvgIpc) is 3.05. The molecule has 0 atom stereocenters. The highest BCUT2D eigenvalue weighted by molar-refractivity contribution is 7.88. The second-order valence-corrected chi connectivity index (χ2v) is 7.38. The van der Waals surface area contributed by atoms with Crippen molar-refractivity contribution in [3.05, 3.63) is 71.4 Å². The van der Waals surface area contributed by atoms with Gasteiger partial charge >= 0.3 is 0 Å². The molecule has 0 radical (unpaired) electrons. The molecule has 2 aromatic carbocycles. The number of aryl methyl sites for hydroxylation is 1. The van der Waals surface area contributed by atoms with Crippen LogP contribution in [-0.2, 0) is 22.3 Å². The van der Waals surface area contributed by atoms with Gasteiger partial charge in [-0.1, -0.05) is 29.8 Å².